The van der Waals surface area contributed by atoms with Crippen molar-refractivity contribution in [1.29, 1.82) is 0 Å². The van der Waals surface area contributed by atoms with E-state index < -0.39 is 18.3 Å². The van der Waals surface area contributed by atoms with E-state index in [-0.39, 0.29) is 13.6 Å². The van der Waals surface area contributed by atoms with Crippen molar-refractivity contribution in [1.82, 2.24) is 0 Å². The van der Waals surface area contributed by atoms with Crippen molar-refractivity contribution in [3.8, 4) is 11.5 Å². The Morgan fingerprint density at radius 1 is 0.879 bits per heavy atom. The monoisotopic (exact) mass is 460 g/mol. The number of hydrogen-bond donors (Lipinski definition) is 0. The number of benzene rings is 1. The Hall–Kier alpha value is -1.80. The van der Waals surface area contributed by atoms with Gasteiger partial charge in [0.15, 0.2) is 25.1 Å². The molecule has 0 radical (unpaired) electrons. The SMILES string of the molecule is COCOc1cc(C/C=C(/C)CCC=C(C)C)c(B2OC(C)(C)C(C)(C)O2)cc1OCOC. The Bertz CT molecular complexity index is 823. The Kier molecular flexibility index (Phi) is 10.0. The molecule has 1 heterocycles. The van der Waals surface area contributed by atoms with Crippen molar-refractivity contribution in [2.75, 3.05) is 27.8 Å². The van der Waals surface area contributed by atoms with Crippen LogP contribution in [-0.4, -0.2) is 46.1 Å². The number of rotatable bonds is 12. The molecule has 0 spiro atoms. The van der Waals surface area contributed by atoms with E-state index in [1.54, 1.807) is 14.2 Å². The topological polar surface area (TPSA) is 55.4 Å². The third-order valence-corrected chi connectivity index (χ3v) is 6.14. The molecule has 1 fully saturated rings. The van der Waals surface area contributed by atoms with Gasteiger partial charge in [-0.3, -0.25) is 0 Å². The first-order valence-corrected chi connectivity index (χ1v) is 11.6. The van der Waals surface area contributed by atoms with Crippen molar-refractivity contribution in [2.45, 2.75) is 78.9 Å². The summed E-state index contributed by atoms with van der Waals surface area (Å²) in [6, 6.07) is 3.93. The van der Waals surface area contributed by atoms with E-state index in [1.165, 1.54) is 11.1 Å². The Morgan fingerprint density at radius 3 is 1.94 bits per heavy atom. The van der Waals surface area contributed by atoms with E-state index in [9.17, 15) is 0 Å². The van der Waals surface area contributed by atoms with Crippen molar-refractivity contribution < 1.29 is 28.3 Å². The maximum absolute atomic E-state index is 6.37. The van der Waals surface area contributed by atoms with Gasteiger partial charge in [-0.25, -0.2) is 0 Å². The van der Waals surface area contributed by atoms with Crippen LogP contribution in [-0.2, 0) is 25.2 Å². The van der Waals surface area contributed by atoms with Gasteiger partial charge in [-0.1, -0.05) is 23.3 Å². The summed E-state index contributed by atoms with van der Waals surface area (Å²) in [7, 11) is 2.67. The molecule has 1 aromatic rings. The van der Waals surface area contributed by atoms with Gasteiger partial charge in [-0.15, -0.1) is 0 Å². The number of hydrogen-bond acceptors (Lipinski definition) is 6. The summed E-state index contributed by atoms with van der Waals surface area (Å²) in [6.07, 6.45) is 7.33. The number of ether oxygens (including phenoxy) is 4. The summed E-state index contributed by atoms with van der Waals surface area (Å²) >= 11 is 0. The summed E-state index contributed by atoms with van der Waals surface area (Å²) in [4.78, 5) is 0. The minimum Gasteiger partial charge on any atom is -0.464 e. The molecule has 7 heteroatoms. The Labute approximate surface area is 200 Å². The van der Waals surface area contributed by atoms with Crippen LogP contribution >= 0.6 is 0 Å². The largest absolute Gasteiger partial charge is 0.495 e. The zero-order valence-corrected chi connectivity index (χ0v) is 21.9. The van der Waals surface area contributed by atoms with Gasteiger partial charge in [0.2, 0.25) is 0 Å². The molecule has 0 unspecified atom stereocenters. The molecule has 184 valence electrons. The Morgan fingerprint density at radius 2 is 1.42 bits per heavy atom. The summed E-state index contributed by atoms with van der Waals surface area (Å²) in [6.45, 7) is 14.9. The fraction of sp³-hybridized carbons (Fsp3) is 0.615. The van der Waals surface area contributed by atoms with E-state index in [0.29, 0.717) is 11.5 Å². The van der Waals surface area contributed by atoms with E-state index in [2.05, 4.69) is 60.6 Å². The number of methoxy groups -OCH3 is 2. The van der Waals surface area contributed by atoms with Crippen molar-refractivity contribution in [2.24, 2.45) is 0 Å². The second kappa shape index (κ2) is 12.1. The van der Waals surface area contributed by atoms with Gasteiger partial charge in [0.1, 0.15) is 0 Å². The first-order chi connectivity index (χ1) is 15.5. The van der Waals surface area contributed by atoms with Crippen LogP contribution in [0.1, 0.15) is 66.9 Å². The molecule has 1 aliphatic heterocycles. The molecule has 1 saturated heterocycles. The van der Waals surface area contributed by atoms with E-state index >= 15 is 0 Å². The third-order valence-electron chi connectivity index (χ3n) is 6.14. The molecule has 2 rings (SSSR count). The van der Waals surface area contributed by atoms with Crippen LogP contribution in [0.2, 0.25) is 0 Å². The zero-order valence-electron chi connectivity index (χ0n) is 21.9. The summed E-state index contributed by atoms with van der Waals surface area (Å²) < 4.78 is 34.6. The highest BCUT2D eigenvalue weighted by Gasteiger charge is 2.52. The molecule has 0 atom stereocenters. The lowest BCUT2D eigenvalue weighted by Gasteiger charge is -2.32. The molecule has 0 bridgehead atoms. The lowest BCUT2D eigenvalue weighted by atomic mass is 9.74. The van der Waals surface area contributed by atoms with Crippen LogP contribution in [0, 0.1) is 0 Å². The average molecular weight is 460 g/mol. The van der Waals surface area contributed by atoms with Crippen LogP contribution in [0.4, 0.5) is 0 Å². The van der Waals surface area contributed by atoms with Gasteiger partial charge < -0.3 is 28.3 Å². The number of allylic oxidation sites excluding steroid dienone is 4. The maximum Gasteiger partial charge on any atom is 0.495 e. The average Bonchev–Trinajstić information content (AvgIpc) is 2.95. The van der Waals surface area contributed by atoms with Gasteiger partial charge in [0.05, 0.1) is 11.2 Å². The van der Waals surface area contributed by atoms with Gasteiger partial charge in [-0.05, 0) is 90.9 Å². The quantitative estimate of drug-likeness (QED) is 0.243. The molecule has 0 aromatic heterocycles. The first-order valence-electron chi connectivity index (χ1n) is 11.6. The highest BCUT2D eigenvalue weighted by atomic mass is 16.7. The van der Waals surface area contributed by atoms with Gasteiger partial charge >= 0.3 is 7.12 Å². The minimum absolute atomic E-state index is 0.106. The van der Waals surface area contributed by atoms with Crippen LogP contribution in [0.25, 0.3) is 0 Å². The van der Waals surface area contributed by atoms with Crippen LogP contribution in [0.15, 0.2) is 35.4 Å². The minimum atomic E-state index is -0.509. The van der Waals surface area contributed by atoms with E-state index in [0.717, 1.165) is 30.3 Å². The maximum atomic E-state index is 6.37. The third kappa shape index (κ3) is 7.61. The highest BCUT2D eigenvalue weighted by molar-refractivity contribution is 6.62. The van der Waals surface area contributed by atoms with Crippen molar-refractivity contribution in [3.63, 3.8) is 0 Å². The van der Waals surface area contributed by atoms with Crippen molar-refractivity contribution in [3.05, 3.63) is 41.0 Å². The van der Waals surface area contributed by atoms with E-state index in [4.69, 9.17) is 28.3 Å². The van der Waals surface area contributed by atoms with Crippen LogP contribution in [0.3, 0.4) is 0 Å². The molecule has 0 amide bonds. The molecular weight excluding hydrogens is 419 g/mol. The molecule has 33 heavy (non-hydrogen) atoms. The molecule has 1 aromatic carbocycles. The fourth-order valence-corrected chi connectivity index (χ4v) is 3.43. The molecular formula is C26H41BO6. The normalized spacial score (nSPS) is 17.2. The second-order valence-corrected chi connectivity index (χ2v) is 9.76. The fourth-order valence-electron chi connectivity index (χ4n) is 3.43. The van der Waals surface area contributed by atoms with Crippen LogP contribution in [0.5, 0.6) is 11.5 Å². The van der Waals surface area contributed by atoms with Crippen LogP contribution < -0.4 is 14.9 Å². The molecule has 0 aliphatic carbocycles. The zero-order chi connectivity index (χ0) is 24.6. The lowest BCUT2D eigenvalue weighted by Crippen LogP contribution is -2.41. The molecule has 0 N–H and O–H groups in total. The second-order valence-electron chi connectivity index (χ2n) is 9.76. The first kappa shape index (κ1) is 27.4. The highest BCUT2D eigenvalue weighted by Crippen LogP contribution is 2.38. The summed E-state index contributed by atoms with van der Waals surface area (Å²) in [5.41, 5.74) is 3.79. The predicted molar refractivity (Wildman–Crippen MR) is 133 cm³/mol. The predicted octanol–water partition coefficient (Wildman–Crippen LogP) is 5.19. The molecule has 1 aliphatic rings. The van der Waals surface area contributed by atoms with E-state index in [1.807, 2.05) is 12.1 Å². The standard InChI is InChI=1S/C26H41BO6/c1-19(2)11-10-12-20(3)13-14-21-15-23(30-17-28-8)24(31-18-29-9)16-22(21)27-32-25(4,5)26(6,7)33-27/h11,13,15-16H,10,12,14,17-18H2,1-9H3/b20-13-. The Balaban J connectivity index is 2.42. The summed E-state index contributed by atoms with van der Waals surface area (Å²) in [5, 5.41) is 0. The van der Waals surface area contributed by atoms with Gasteiger partial charge in [0, 0.05) is 14.2 Å². The smallest absolute Gasteiger partial charge is 0.464 e. The van der Waals surface area contributed by atoms with Crippen molar-refractivity contribution >= 4 is 12.6 Å². The summed E-state index contributed by atoms with van der Waals surface area (Å²) in [5.74, 6) is 1.16. The van der Waals surface area contributed by atoms with Gasteiger partial charge in [0.25, 0.3) is 0 Å². The molecule has 0 saturated carbocycles. The van der Waals surface area contributed by atoms with Gasteiger partial charge in [-0.2, -0.15) is 0 Å². The molecule has 6 nitrogen and oxygen atoms in total. The lowest BCUT2D eigenvalue weighted by molar-refractivity contribution is 0.00578.